The molecule has 0 saturated heterocycles. The first kappa shape index (κ1) is 19.5. The third-order valence-corrected chi connectivity index (χ3v) is 4.56. The molecule has 1 amide bonds. The summed E-state index contributed by atoms with van der Waals surface area (Å²) in [5.74, 6) is -0.0667. The van der Waals surface area contributed by atoms with Gasteiger partial charge >= 0.3 is 0 Å². The van der Waals surface area contributed by atoms with Crippen molar-refractivity contribution in [2.24, 2.45) is 0 Å². The number of aryl methyl sites for hydroxylation is 1. The van der Waals surface area contributed by atoms with E-state index >= 15 is 0 Å². The van der Waals surface area contributed by atoms with Crippen molar-refractivity contribution in [3.8, 4) is 0 Å². The molecular weight excluding hydrogens is 376 g/mol. The van der Waals surface area contributed by atoms with Crippen LogP contribution in [0.25, 0.3) is 0 Å². The number of amides is 1. The molecule has 0 bridgehead atoms. The first-order valence-corrected chi connectivity index (χ1v) is 9.01. The maximum absolute atomic E-state index is 12.6. The van der Waals surface area contributed by atoms with Crippen molar-refractivity contribution >= 4 is 40.6 Å². The molecule has 3 aromatic rings. The van der Waals surface area contributed by atoms with E-state index < -0.39 is 0 Å². The molecule has 0 saturated carbocycles. The number of benzene rings is 2. The van der Waals surface area contributed by atoms with Gasteiger partial charge in [-0.05, 0) is 68.8 Å². The number of hydrogen-bond acceptors (Lipinski definition) is 5. The number of Topliss-reactive ketones (excluding diaryl/α,β-unsaturated/α-hetero) is 1. The fourth-order valence-corrected chi connectivity index (χ4v) is 2.76. The van der Waals surface area contributed by atoms with E-state index in [-0.39, 0.29) is 17.4 Å². The lowest BCUT2D eigenvalue weighted by Crippen LogP contribution is -2.16. The lowest BCUT2D eigenvalue weighted by atomic mass is 10.1. The lowest BCUT2D eigenvalue weighted by Gasteiger charge is -2.11. The summed E-state index contributed by atoms with van der Waals surface area (Å²) in [6.45, 7) is 5.13. The number of halogens is 1. The number of anilines is 3. The zero-order valence-electron chi connectivity index (χ0n) is 15.7. The summed E-state index contributed by atoms with van der Waals surface area (Å²) in [6, 6.07) is 13.9. The molecule has 0 radical (unpaired) electrons. The van der Waals surface area contributed by atoms with Crippen molar-refractivity contribution in [1.82, 2.24) is 9.97 Å². The number of ketones is 1. The number of hydrogen-bond donors (Lipinski definition) is 2. The van der Waals surface area contributed by atoms with Gasteiger partial charge in [0.25, 0.3) is 5.91 Å². The molecule has 0 unspecified atom stereocenters. The Bertz CT molecular complexity index is 1050. The van der Waals surface area contributed by atoms with Gasteiger partial charge in [0.2, 0.25) is 5.95 Å². The maximum Gasteiger partial charge on any atom is 0.274 e. The Morgan fingerprint density at radius 3 is 2.39 bits per heavy atom. The molecular formula is C21H19ClN4O2. The molecule has 1 aromatic heterocycles. The van der Waals surface area contributed by atoms with Crippen LogP contribution < -0.4 is 10.6 Å². The molecule has 2 N–H and O–H groups in total. The second-order valence-electron chi connectivity index (χ2n) is 6.34. The highest BCUT2D eigenvalue weighted by molar-refractivity contribution is 6.31. The Morgan fingerprint density at radius 2 is 1.71 bits per heavy atom. The minimum atomic E-state index is -0.356. The van der Waals surface area contributed by atoms with Gasteiger partial charge in [0.1, 0.15) is 5.69 Å². The SMILES string of the molecule is CC(=O)c1ccc(Nc2nc(C)cc(C(=O)Nc3cccc(Cl)c3C)n2)cc1. The molecule has 0 aliphatic rings. The third-order valence-electron chi connectivity index (χ3n) is 4.15. The predicted octanol–water partition coefficient (Wildman–Crippen LogP) is 4.95. The summed E-state index contributed by atoms with van der Waals surface area (Å²) in [5, 5.41) is 6.46. The molecule has 2 aromatic carbocycles. The lowest BCUT2D eigenvalue weighted by molar-refractivity contribution is 0.101. The highest BCUT2D eigenvalue weighted by Crippen LogP contribution is 2.23. The van der Waals surface area contributed by atoms with Crippen molar-refractivity contribution in [1.29, 1.82) is 0 Å². The van der Waals surface area contributed by atoms with Gasteiger partial charge in [0.15, 0.2) is 5.78 Å². The van der Waals surface area contributed by atoms with Gasteiger partial charge in [0.05, 0.1) is 0 Å². The summed E-state index contributed by atoms with van der Waals surface area (Å²) in [5.41, 5.74) is 3.62. The van der Waals surface area contributed by atoms with Gasteiger partial charge in [-0.3, -0.25) is 9.59 Å². The van der Waals surface area contributed by atoms with Crippen LogP contribution in [-0.2, 0) is 0 Å². The number of carbonyl (C=O) groups excluding carboxylic acids is 2. The van der Waals surface area contributed by atoms with Crippen LogP contribution in [0.3, 0.4) is 0 Å². The van der Waals surface area contributed by atoms with E-state index in [0.29, 0.717) is 33.6 Å². The smallest absolute Gasteiger partial charge is 0.274 e. The molecule has 142 valence electrons. The van der Waals surface area contributed by atoms with Crippen molar-refractivity contribution in [2.75, 3.05) is 10.6 Å². The quantitative estimate of drug-likeness (QED) is 0.598. The second-order valence-corrected chi connectivity index (χ2v) is 6.75. The predicted molar refractivity (Wildman–Crippen MR) is 111 cm³/mol. The van der Waals surface area contributed by atoms with Gasteiger partial charge in [-0.15, -0.1) is 0 Å². The topological polar surface area (TPSA) is 84.0 Å². The molecule has 0 atom stereocenters. The number of nitrogens with zero attached hydrogens (tertiary/aromatic N) is 2. The molecule has 7 heteroatoms. The van der Waals surface area contributed by atoms with Gasteiger partial charge in [0, 0.05) is 27.7 Å². The van der Waals surface area contributed by atoms with Gasteiger partial charge in [-0.25, -0.2) is 9.97 Å². The largest absolute Gasteiger partial charge is 0.324 e. The minimum absolute atomic E-state index is 0.00591. The van der Waals surface area contributed by atoms with Crippen molar-refractivity contribution in [3.63, 3.8) is 0 Å². The molecule has 0 spiro atoms. The molecule has 0 aliphatic heterocycles. The Kier molecular flexibility index (Phi) is 5.70. The highest BCUT2D eigenvalue weighted by atomic mass is 35.5. The third kappa shape index (κ3) is 4.53. The minimum Gasteiger partial charge on any atom is -0.324 e. The molecule has 3 rings (SSSR count). The zero-order chi connectivity index (χ0) is 20.3. The molecule has 0 fully saturated rings. The van der Waals surface area contributed by atoms with Crippen molar-refractivity contribution in [3.05, 3.63) is 76.1 Å². The Morgan fingerprint density at radius 1 is 1.00 bits per heavy atom. The van der Waals surface area contributed by atoms with E-state index in [0.717, 1.165) is 5.56 Å². The van der Waals surface area contributed by atoms with Crippen LogP contribution >= 0.6 is 11.6 Å². The Balaban J connectivity index is 1.81. The number of carbonyl (C=O) groups is 2. The summed E-state index contributed by atoms with van der Waals surface area (Å²) >= 11 is 6.11. The first-order chi connectivity index (χ1) is 13.3. The van der Waals surface area contributed by atoms with E-state index in [9.17, 15) is 9.59 Å². The number of aromatic nitrogens is 2. The summed E-state index contributed by atoms with van der Waals surface area (Å²) in [7, 11) is 0. The van der Waals surface area contributed by atoms with Crippen molar-refractivity contribution < 1.29 is 9.59 Å². The van der Waals surface area contributed by atoms with Crippen LogP contribution in [0.1, 0.15) is 39.0 Å². The summed E-state index contributed by atoms with van der Waals surface area (Å²) < 4.78 is 0. The Hall–Kier alpha value is -3.25. The normalized spacial score (nSPS) is 10.4. The van der Waals surface area contributed by atoms with E-state index in [2.05, 4.69) is 20.6 Å². The van der Waals surface area contributed by atoms with Gasteiger partial charge < -0.3 is 10.6 Å². The molecule has 28 heavy (non-hydrogen) atoms. The highest BCUT2D eigenvalue weighted by Gasteiger charge is 2.13. The van der Waals surface area contributed by atoms with Crippen LogP contribution in [0.2, 0.25) is 5.02 Å². The van der Waals surface area contributed by atoms with Crippen molar-refractivity contribution in [2.45, 2.75) is 20.8 Å². The number of nitrogens with one attached hydrogen (secondary N) is 2. The maximum atomic E-state index is 12.6. The fraction of sp³-hybridized carbons (Fsp3) is 0.143. The summed E-state index contributed by atoms with van der Waals surface area (Å²) in [4.78, 5) is 32.6. The van der Waals surface area contributed by atoms with Gasteiger partial charge in [-0.2, -0.15) is 0 Å². The second kappa shape index (κ2) is 8.19. The van der Waals surface area contributed by atoms with Crippen LogP contribution in [0.15, 0.2) is 48.5 Å². The van der Waals surface area contributed by atoms with E-state index in [4.69, 9.17) is 11.6 Å². The Labute approximate surface area is 168 Å². The van der Waals surface area contributed by atoms with E-state index in [1.54, 1.807) is 55.5 Å². The van der Waals surface area contributed by atoms with E-state index in [1.807, 2.05) is 6.92 Å². The van der Waals surface area contributed by atoms with Crippen LogP contribution in [0.4, 0.5) is 17.3 Å². The summed E-state index contributed by atoms with van der Waals surface area (Å²) in [6.07, 6.45) is 0. The average molecular weight is 395 g/mol. The van der Waals surface area contributed by atoms with Gasteiger partial charge in [-0.1, -0.05) is 17.7 Å². The monoisotopic (exact) mass is 394 g/mol. The average Bonchev–Trinajstić information content (AvgIpc) is 2.65. The molecule has 1 heterocycles. The fourth-order valence-electron chi connectivity index (χ4n) is 2.59. The van der Waals surface area contributed by atoms with E-state index in [1.165, 1.54) is 6.92 Å². The van der Waals surface area contributed by atoms with Crippen LogP contribution in [-0.4, -0.2) is 21.7 Å². The zero-order valence-corrected chi connectivity index (χ0v) is 16.5. The molecule has 6 nitrogen and oxygen atoms in total. The van der Waals surface area contributed by atoms with Crippen LogP contribution in [0.5, 0.6) is 0 Å². The van der Waals surface area contributed by atoms with Crippen LogP contribution in [0, 0.1) is 13.8 Å². The standard InChI is InChI=1S/C21H19ClN4O2/c1-12-11-19(20(28)25-18-6-4-5-17(22)13(18)2)26-21(23-12)24-16-9-7-15(8-10-16)14(3)27/h4-11H,1-3H3,(H,25,28)(H,23,24,26). The first-order valence-electron chi connectivity index (χ1n) is 8.63. The number of rotatable bonds is 5. The molecule has 0 aliphatic carbocycles.